The van der Waals surface area contributed by atoms with Crippen molar-refractivity contribution in [2.75, 3.05) is 17.2 Å². The molecular formula is C10H19N3S. The molecule has 4 heteroatoms. The largest absolute Gasteiger partial charge is 0.396 e. The Balaban J connectivity index is 2.47. The fraction of sp³-hybridized carbons (Fsp3) is 0.700. The first kappa shape index (κ1) is 11.4. The summed E-state index contributed by atoms with van der Waals surface area (Å²) in [5.41, 5.74) is 8.74. The lowest BCUT2D eigenvalue weighted by molar-refractivity contribution is 0.586. The number of aromatic nitrogens is 2. The van der Waals surface area contributed by atoms with Gasteiger partial charge in [0, 0.05) is 6.54 Å². The van der Waals surface area contributed by atoms with Crippen molar-refractivity contribution in [1.82, 2.24) is 9.78 Å². The normalized spacial score (nSPS) is 10.8. The van der Waals surface area contributed by atoms with E-state index >= 15 is 0 Å². The van der Waals surface area contributed by atoms with Crippen LogP contribution >= 0.6 is 11.8 Å². The summed E-state index contributed by atoms with van der Waals surface area (Å²) < 4.78 is 2.01. The van der Waals surface area contributed by atoms with Crippen molar-refractivity contribution >= 4 is 17.4 Å². The highest BCUT2D eigenvalue weighted by Crippen LogP contribution is 2.15. The van der Waals surface area contributed by atoms with Crippen LogP contribution in [0.1, 0.15) is 24.7 Å². The number of nitrogen functional groups attached to an aromatic ring is 1. The Hall–Kier alpha value is -0.640. The lowest BCUT2D eigenvalue weighted by Crippen LogP contribution is -2.04. The Bertz CT molecular complexity index is 294. The van der Waals surface area contributed by atoms with Gasteiger partial charge in [-0.2, -0.15) is 16.9 Å². The summed E-state index contributed by atoms with van der Waals surface area (Å²) in [7, 11) is 0. The second kappa shape index (κ2) is 5.29. The van der Waals surface area contributed by atoms with Crippen LogP contribution in [0.25, 0.3) is 0 Å². The van der Waals surface area contributed by atoms with Crippen LogP contribution < -0.4 is 5.73 Å². The number of aryl methyl sites for hydroxylation is 2. The van der Waals surface area contributed by atoms with E-state index in [1.807, 2.05) is 30.3 Å². The van der Waals surface area contributed by atoms with Crippen molar-refractivity contribution in [3.8, 4) is 0 Å². The Morgan fingerprint density at radius 3 is 2.64 bits per heavy atom. The highest BCUT2D eigenvalue weighted by Gasteiger charge is 2.06. The number of thioether (sulfide) groups is 1. The average molecular weight is 213 g/mol. The van der Waals surface area contributed by atoms with Crippen LogP contribution in [0.4, 0.5) is 5.69 Å². The molecule has 0 radical (unpaired) electrons. The number of nitrogens with zero attached hydrogens (tertiary/aromatic N) is 2. The smallest absolute Gasteiger partial charge is 0.0825 e. The predicted octanol–water partition coefficient (Wildman–Crippen LogP) is 2.23. The second-order valence-electron chi connectivity index (χ2n) is 3.36. The summed E-state index contributed by atoms with van der Waals surface area (Å²) >= 11 is 1.97. The first-order chi connectivity index (χ1) is 6.66. The van der Waals surface area contributed by atoms with E-state index in [0.717, 1.165) is 23.6 Å². The molecule has 0 aliphatic rings. The van der Waals surface area contributed by atoms with Crippen LogP contribution in [0.15, 0.2) is 0 Å². The van der Waals surface area contributed by atoms with Gasteiger partial charge in [0.15, 0.2) is 0 Å². The van der Waals surface area contributed by atoms with E-state index in [2.05, 4.69) is 12.0 Å². The third-order valence-electron chi connectivity index (χ3n) is 2.30. The molecular weight excluding hydrogens is 194 g/mol. The zero-order chi connectivity index (χ0) is 10.6. The summed E-state index contributed by atoms with van der Waals surface area (Å²) in [6.07, 6.45) is 1.17. The van der Waals surface area contributed by atoms with Gasteiger partial charge in [0.05, 0.1) is 17.1 Å². The molecule has 0 aliphatic heterocycles. The molecule has 0 amide bonds. The monoisotopic (exact) mass is 213 g/mol. The van der Waals surface area contributed by atoms with Crippen molar-refractivity contribution < 1.29 is 0 Å². The molecule has 0 saturated carbocycles. The molecule has 0 atom stereocenters. The maximum Gasteiger partial charge on any atom is 0.0825 e. The van der Waals surface area contributed by atoms with E-state index in [1.54, 1.807) is 0 Å². The molecule has 0 unspecified atom stereocenters. The van der Waals surface area contributed by atoms with Gasteiger partial charge in [0.1, 0.15) is 0 Å². The van der Waals surface area contributed by atoms with E-state index in [1.165, 1.54) is 17.9 Å². The lowest BCUT2D eigenvalue weighted by atomic mass is 10.3. The molecule has 1 aromatic rings. The highest BCUT2D eigenvalue weighted by molar-refractivity contribution is 7.99. The van der Waals surface area contributed by atoms with Crippen molar-refractivity contribution in [2.45, 2.75) is 33.7 Å². The Kier molecular flexibility index (Phi) is 4.32. The van der Waals surface area contributed by atoms with E-state index < -0.39 is 0 Å². The molecule has 2 N–H and O–H groups in total. The van der Waals surface area contributed by atoms with Crippen LogP contribution in [0.3, 0.4) is 0 Å². The highest BCUT2D eigenvalue weighted by atomic mass is 32.2. The van der Waals surface area contributed by atoms with Gasteiger partial charge in [-0.25, -0.2) is 0 Å². The van der Waals surface area contributed by atoms with Crippen LogP contribution in [-0.4, -0.2) is 21.3 Å². The van der Waals surface area contributed by atoms with E-state index in [-0.39, 0.29) is 0 Å². The molecule has 1 rings (SSSR count). The van der Waals surface area contributed by atoms with E-state index in [9.17, 15) is 0 Å². The predicted molar refractivity (Wildman–Crippen MR) is 63.7 cm³/mol. The molecule has 1 aromatic heterocycles. The summed E-state index contributed by atoms with van der Waals surface area (Å²) in [5.74, 6) is 2.40. The summed E-state index contributed by atoms with van der Waals surface area (Å²) in [5, 5.41) is 4.39. The molecule has 0 bridgehead atoms. The van der Waals surface area contributed by atoms with Crippen LogP contribution in [-0.2, 0) is 6.54 Å². The van der Waals surface area contributed by atoms with Gasteiger partial charge in [-0.3, -0.25) is 4.68 Å². The average Bonchev–Trinajstić information content (AvgIpc) is 2.41. The minimum absolute atomic E-state index is 0.841. The number of hydrogen-bond donors (Lipinski definition) is 1. The van der Waals surface area contributed by atoms with Crippen molar-refractivity contribution in [1.29, 1.82) is 0 Å². The number of anilines is 1. The van der Waals surface area contributed by atoms with Gasteiger partial charge in [0.2, 0.25) is 0 Å². The Morgan fingerprint density at radius 1 is 1.43 bits per heavy atom. The Morgan fingerprint density at radius 2 is 2.14 bits per heavy atom. The van der Waals surface area contributed by atoms with Gasteiger partial charge in [-0.15, -0.1) is 0 Å². The Labute approximate surface area is 90.1 Å². The molecule has 3 nitrogen and oxygen atoms in total. The van der Waals surface area contributed by atoms with E-state index in [0.29, 0.717) is 0 Å². The number of hydrogen-bond acceptors (Lipinski definition) is 3. The van der Waals surface area contributed by atoms with Gasteiger partial charge in [-0.1, -0.05) is 6.92 Å². The quantitative estimate of drug-likeness (QED) is 0.763. The third-order valence-corrected chi connectivity index (χ3v) is 3.29. The maximum atomic E-state index is 5.84. The van der Waals surface area contributed by atoms with Crippen molar-refractivity contribution in [3.05, 3.63) is 11.4 Å². The third kappa shape index (κ3) is 2.67. The van der Waals surface area contributed by atoms with Crippen molar-refractivity contribution in [2.24, 2.45) is 0 Å². The fourth-order valence-corrected chi connectivity index (χ4v) is 2.01. The zero-order valence-corrected chi connectivity index (χ0v) is 10.0. The molecule has 0 aliphatic carbocycles. The number of nitrogens with two attached hydrogens (primary N) is 1. The van der Waals surface area contributed by atoms with Gasteiger partial charge >= 0.3 is 0 Å². The SMILES string of the molecule is CCSCCCn1nc(C)c(N)c1C. The first-order valence-corrected chi connectivity index (χ1v) is 6.19. The molecule has 0 saturated heterocycles. The molecule has 0 fully saturated rings. The second-order valence-corrected chi connectivity index (χ2v) is 4.75. The van der Waals surface area contributed by atoms with Crippen LogP contribution in [0, 0.1) is 13.8 Å². The van der Waals surface area contributed by atoms with Gasteiger partial charge < -0.3 is 5.73 Å². The minimum atomic E-state index is 0.841. The van der Waals surface area contributed by atoms with Gasteiger partial charge in [-0.05, 0) is 31.8 Å². The molecule has 80 valence electrons. The van der Waals surface area contributed by atoms with Crippen LogP contribution in [0.2, 0.25) is 0 Å². The standard InChI is InChI=1S/C10H19N3S/c1-4-14-7-5-6-13-9(3)10(11)8(2)12-13/h4-7,11H2,1-3H3. The lowest BCUT2D eigenvalue weighted by Gasteiger charge is -2.03. The molecule has 14 heavy (non-hydrogen) atoms. The summed E-state index contributed by atoms with van der Waals surface area (Å²) in [4.78, 5) is 0. The number of rotatable bonds is 5. The molecule has 1 heterocycles. The zero-order valence-electron chi connectivity index (χ0n) is 9.21. The summed E-state index contributed by atoms with van der Waals surface area (Å²) in [6.45, 7) is 7.16. The maximum absolute atomic E-state index is 5.84. The fourth-order valence-electron chi connectivity index (χ4n) is 1.39. The topological polar surface area (TPSA) is 43.8 Å². The first-order valence-electron chi connectivity index (χ1n) is 5.04. The molecule has 0 spiro atoms. The van der Waals surface area contributed by atoms with Crippen LogP contribution in [0.5, 0.6) is 0 Å². The van der Waals surface area contributed by atoms with Gasteiger partial charge in [0.25, 0.3) is 0 Å². The minimum Gasteiger partial charge on any atom is -0.396 e. The van der Waals surface area contributed by atoms with E-state index in [4.69, 9.17) is 5.73 Å². The van der Waals surface area contributed by atoms with Crippen molar-refractivity contribution in [3.63, 3.8) is 0 Å². The summed E-state index contributed by atoms with van der Waals surface area (Å²) in [6, 6.07) is 0. The molecule has 0 aromatic carbocycles.